The number of aryl methyl sites for hydroxylation is 1. The van der Waals surface area contributed by atoms with Gasteiger partial charge in [-0.1, -0.05) is 0 Å². The quantitative estimate of drug-likeness (QED) is 0.780. The summed E-state index contributed by atoms with van der Waals surface area (Å²) in [5.41, 5.74) is 0.180. The minimum absolute atomic E-state index is 0.0355. The minimum Gasteiger partial charge on any atom is -0.478 e. The van der Waals surface area contributed by atoms with Crippen LogP contribution >= 0.6 is 0 Å². The molecule has 0 aliphatic heterocycles. The average Bonchev–Trinajstić information content (AvgIpc) is 2.35. The first kappa shape index (κ1) is 15.9. The third kappa shape index (κ3) is 4.83. The van der Waals surface area contributed by atoms with E-state index in [2.05, 4.69) is 4.74 Å². The zero-order valence-electron chi connectivity index (χ0n) is 10.8. The Kier molecular flexibility index (Phi) is 5.89. The molecule has 0 aliphatic carbocycles. The van der Waals surface area contributed by atoms with Crippen LogP contribution in [0, 0.1) is 0 Å². The second-order valence-corrected chi connectivity index (χ2v) is 3.81. The van der Waals surface area contributed by atoms with E-state index in [4.69, 9.17) is 9.84 Å². The molecule has 0 aliphatic rings. The second kappa shape index (κ2) is 7.42. The van der Waals surface area contributed by atoms with E-state index in [1.165, 1.54) is 12.1 Å². The normalized spacial score (nSPS) is 10.4. The van der Waals surface area contributed by atoms with E-state index in [9.17, 15) is 18.4 Å². The van der Waals surface area contributed by atoms with Crippen LogP contribution in [0.3, 0.4) is 0 Å². The van der Waals surface area contributed by atoms with Gasteiger partial charge in [0.25, 0.3) is 0 Å². The Morgan fingerprint density at radius 1 is 1.35 bits per heavy atom. The fourth-order valence-corrected chi connectivity index (χ4v) is 1.63. The van der Waals surface area contributed by atoms with E-state index in [1.807, 2.05) is 0 Å². The number of hydrogen-bond acceptors (Lipinski definition) is 4. The lowest BCUT2D eigenvalue weighted by Crippen LogP contribution is -2.09. The standard InChI is InChI=1S/C13H14F2O5/c1-2-19-11(16)6-3-8-7-9(20-13(14)15)4-5-10(8)12(17)18/h4-5,7,13H,2-3,6H2,1H3,(H,17,18). The highest BCUT2D eigenvalue weighted by molar-refractivity contribution is 5.89. The van der Waals surface area contributed by atoms with Gasteiger partial charge < -0.3 is 14.6 Å². The van der Waals surface area contributed by atoms with Gasteiger partial charge in [-0.3, -0.25) is 4.79 Å². The van der Waals surface area contributed by atoms with E-state index in [0.717, 1.165) is 6.07 Å². The number of aromatic carboxylic acids is 1. The smallest absolute Gasteiger partial charge is 0.387 e. The monoisotopic (exact) mass is 288 g/mol. The van der Waals surface area contributed by atoms with Crippen LogP contribution < -0.4 is 4.74 Å². The van der Waals surface area contributed by atoms with Crippen LogP contribution in [0.2, 0.25) is 0 Å². The molecule has 0 aromatic heterocycles. The lowest BCUT2D eigenvalue weighted by molar-refractivity contribution is -0.143. The molecule has 1 aromatic carbocycles. The number of benzene rings is 1. The van der Waals surface area contributed by atoms with Crippen molar-refractivity contribution in [2.24, 2.45) is 0 Å². The van der Waals surface area contributed by atoms with Crippen molar-refractivity contribution < 1.29 is 33.0 Å². The van der Waals surface area contributed by atoms with Crippen LogP contribution in [-0.4, -0.2) is 30.3 Å². The van der Waals surface area contributed by atoms with Crippen molar-refractivity contribution >= 4 is 11.9 Å². The molecule has 5 nitrogen and oxygen atoms in total. The molecule has 1 rings (SSSR count). The summed E-state index contributed by atoms with van der Waals surface area (Å²) in [7, 11) is 0. The van der Waals surface area contributed by atoms with E-state index < -0.39 is 18.6 Å². The van der Waals surface area contributed by atoms with E-state index >= 15 is 0 Å². The van der Waals surface area contributed by atoms with Crippen LogP contribution in [0.15, 0.2) is 18.2 Å². The van der Waals surface area contributed by atoms with Crippen molar-refractivity contribution in [3.8, 4) is 5.75 Å². The lowest BCUT2D eigenvalue weighted by atomic mass is 10.0. The van der Waals surface area contributed by atoms with Crippen molar-refractivity contribution in [1.29, 1.82) is 0 Å². The van der Waals surface area contributed by atoms with Gasteiger partial charge in [0.05, 0.1) is 12.2 Å². The molecule has 0 amide bonds. The van der Waals surface area contributed by atoms with Gasteiger partial charge in [0.1, 0.15) is 5.75 Å². The first-order valence-corrected chi connectivity index (χ1v) is 5.90. The molecular formula is C13H14F2O5. The number of esters is 1. The molecule has 0 unspecified atom stereocenters. The lowest BCUT2D eigenvalue weighted by Gasteiger charge is -2.10. The number of carbonyl (C=O) groups is 2. The van der Waals surface area contributed by atoms with Gasteiger partial charge in [0.15, 0.2) is 0 Å². The SMILES string of the molecule is CCOC(=O)CCc1cc(OC(F)F)ccc1C(=O)O. The van der Waals surface area contributed by atoms with Gasteiger partial charge >= 0.3 is 18.6 Å². The van der Waals surface area contributed by atoms with Crippen LogP contribution in [0.5, 0.6) is 5.75 Å². The Bertz CT molecular complexity index is 488. The molecule has 1 aromatic rings. The number of alkyl halides is 2. The van der Waals surface area contributed by atoms with E-state index in [1.54, 1.807) is 6.92 Å². The zero-order valence-corrected chi connectivity index (χ0v) is 10.8. The third-order valence-corrected chi connectivity index (χ3v) is 2.44. The Morgan fingerprint density at radius 3 is 2.60 bits per heavy atom. The summed E-state index contributed by atoms with van der Waals surface area (Å²) in [4.78, 5) is 22.3. The maximum absolute atomic E-state index is 12.1. The average molecular weight is 288 g/mol. The molecule has 0 spiro atoms. The molecule has 0 saturated heterocycles. The van der Waals surface area contributed by atoms with Gasteiger partial charge in [0.2, 0.25) is 0 Å². The Balaban J connectivity index is 2.88. The predicted octanol–water partition coefficient (Wildman–Crippen LogP) is 2.48. The van der Waals surface area contributed by atoms with Crippen LogP contribution in [0.1, 0.15) is 29.3 Å². The highest BCUT2D eigenvalue weighted by Gasteiger charge is 2.14. The van der Waals surface area contributed by atoms with Gasteiger partial charge in [-0.25, -0.2) is 4.79 Å². The van der Waals surface area contributed by atoms with E-state index in [0.29, 0.717) is 0 Å². The van der Waals surface area contributed by atoms with Crippen molar-refractivity contribution in [2.75, 3.05) is 6.61 Å². The Morgan fingerprint density at radius 2 is 2.05 bits per heavy atom. The highest BCUT2D eigenvalue weighted by atomic mass is 19.3. The van der Waals surface area contributed by atoms with Crippen LogP contribution in [0.25, 0.3) is 0 Å². The molecule has 0 fully saturated rings. The molecule has 0 atom stereocenters. The fraction of sp³-hybridized carbons (Fsp3) is 0.385. The number of carboxylic acids is 1. The Hall–Kier alpha value is -2.18. The number of hydrogen-bond donors (Lipinski definition) is 1. The fourth-order valence-electron chi connectivity index (χ4n) is 1.63. The third-order valence-electron chi connectivity index (χ3n) is 2.44. The summed E-state index contributed by atoms with van der Waals surface area (Å²) in [6.45, 7) is -1.12. The number of carbonyl (C=O) groups excluding carboxylic acids is 1. The summed E-state index contributed by atoms with van der Waals surface area (Å²) in [5.74, 6) is -1.83. The number of carboxylic acid groups (broad SMARTS) is 1. The van der Waals surface area contributed by atoms with Gasteiger partial charge in [-0.15, -0.1) is 0 Å². The molecule has 0 radical (unpaired) electrons. The molecule has 20 heavy (non-hydrogen) atoms. The summed E-state index contributed by atoms with van der Waals surface area (Å²) >= 11 is 0. The van der Waals surface area contributed by atoms with Gasteiger partial charge in [-0.05, 0) is 37.1 Å². The molecule has 7 heteroatoms. The van der Waals surface area contributed by atoms with Crippen molar-refractivity contribution in [1.82, 2.24) is 0 Å². The number of rotatable bonds is 7. The molecule has 0 saturated carbocycles. The minimum atomic E-state index is -3.00. The summed E-state index contributed by atoms with van der Waals surface area (Å²) in [6.07, 6.45) is 0.0349. The van der Waals surface area contributed by atoms with Gasteiger partial charge in [0, 0.05) is 6.42 Å². The first-order valence-electron chi connectivity index (χ1n) is 5.90. The topological polar surface area (TPSA) is 72.8 Å². The van der Waals surface area contributed by atoms with Gasteiger partial charge in [-0.2, -0.15) is 8.78 Å². The molecule has 110 valence electrons. The second-order valence-electron chi connectivity index (χ2n) is 3.81. The van der Waals surface area contributed by atoms with Crippen molar-refractivity contribution in [3.63, 3.8) is 0 Å². The Labute approximate surface area is 114 Å². The molecular weight excluding hydrogens is 274 g/mol. The summed E-state index contributed by atoms with van der Waals surface area (Å²) < 4.78 is 33.1. The maximum Gasteiger partial charge on any atom is 0.387 e. The molecule has 0 heterocycles. The molecule has 1 N–H and O–H groups in total. The summed E-state index contributed by atoms with van der Waals surface area (Å²) in [6, 6.07) is 3.50. The number of halogens is 2. The molecule has 0 bridgehead atoms. The predicted molar refractivity (Wildman–Crippen MR) is 65.0 cm³/mol. The number of ether oxygens (including phenoxy) is 2. The largest absolute Gasteiger partial charge is 0.478 e. The first-order chi connectivity index (χ1) is 9.43. The van der Waals surface area contributed by atoms with E-state index in [-0.39, 0.29) is 36.3 Å². The van der Waals surface area contributed by atoms with Crippen LogP contribution in [0.4, 0.5) is 8.78 Å². The zero-order chi connectivity index (χ0) is 15.1. The van der Waals surface area contributed by atoms with Crippen molar-refractivity contribution in [2.45, 2.75) is 26.4 Å². The summed E-state index contributed by atoms with van der Waals surface area (Å²) in [5, 5.41) is 9.00. The highest BCUT2D eigenvalue weighted by Crippen LogP contribution is 2.21. The van der Waals surface area contributed by atoms with Crippen molar-refractivity contribution in [3.05, 3.63) is 29.3 Å². The van der Waals surface area contributed by atoms with Crippen LogP contribution in [-0.2, 0) is 16.0 Å². The maximum atomic E-state index is 12.1.